The van der Waals surface area contributed by atoms with E-state index >= 15 is 0 Å². The molecular weight excluding hydrogens is 230 g/mol. The number of carbonyl (C=O) groups excluding carboxylic acids is 1. The van der Waals surface area contributed by atoms with Crippen LogP contribution in [0.25, 0.3) is 0 Å². The summed E-state index contributed by atoms with van der Waals surface area (Å²) >= 11 is 0. The molecule has 0 unspecified atom stereocenters. The molecule has 1 aliphatic heterocycles. The highest BCUT2D eigenvalue weighted by molar-refractivity contribution is 5.90. The molecule has 2 rings (SSSR count). The van der Waals surface area contributed by atoms with E-state index < -0.39 is 0 Å². The first kappa shape index (κ1) is 13.1. The van der Waals surface area contributed by atoms with Gasteiger partial charge < -0.3 is 14.8 Å². The molecule has 1 atom stereocenters. The Kier molecular flexibility index (Phi) is 4.73. The van der Waals surface area contributed by atoms with Gasteiger partial charge in [-0.15, -0.1) is 0 Å². The van der Waals surface area contributed by atoms with Crippen molar-refractivity contribution in [2.45, 2.75) is 25.6 Å². The molecule has 1 aromatic rings. The van der Waals surface area contributed by atoms with E-state index in [4.69, 9.17) is 9.47 Å². The minimum atomic E-state index is -0.309. The molecule has 0 aliphatic carbocycles. The minimum Gasteiger partial charge on any atom is -0.465 e. The maximum atomic E-state index is 11.6. The second-order valence-electron chi connectivity index (χ2n) is 4.43. The van der Waals surface area contributed by atoms with Gasteiger partial charge in [0.05, 0.1) is 25.4 Å². The molecule has 1 aliphatic rings. The standard InChI is InChI=1S/C14H19NO3/c1-17-14(16)13-7-3-2-5-11(13)10-18-12-6-4-8-15-9-12/h2-3,5,7,12,15H,4,6,8-10H2,1H3/t12-/m1/s1. The summed E-state index contributed by atoms with van der Waals surface area (Å²) in [6, 6.07) is 7.41. The summed E-state index contributed by atoms with van der Waals surface area (Å²) in [7, 11) is 1.39. The fourth-order valence-electron chi connectivity index (χ4n) is 2.12. The highest BCUT2D eigenvalue weighted by atomic mass is 16.5. The van der Waals surface area contributed by atoms with Crippen molar-refractivity contribution in [3.63, 3.8) is 0 Å². The number of rotatable bonds is 4. The van der Waals surface area contributed by atoms with Crippen LogP contribution in [0.4, 0.5) is 0 Å². The van der Waals surface area contributed by atoms with Gasteiger partial charge in [-0.2, -0.15) is 0 Å². The van der Waals surface area contributed by atoms with Gasteiger partial charge in [-0.1, -0.05) is 18.2 Å². The zero-order valence-corrected chi connectivity index (χ0v) is 10.6. The number of methoxy groups -OCH3 is 1. The molecule has 0 aromatic heterocycles. The topological polar surface area (TPSA) is 47.6 Å². The molecule has 4 nitrogen and oxygen atoms in total. The van der Waals surface area contributed by atoms with Crippen LogP contribution in [0.2, 0.25) is 0 Å². The SMILES string of the molecule is COC(=O)c1ccccc1CO[C@@H]1CCCNC1. The molecule has 0 amide bonds. The third-order valence-electron chi connectivity index (χ3n) is 3.15. The van der Waals surface area contributed by atoms with Gasteiger partial charge in [-0.25, -0.2) is 4.79 Å². The molecule has 1 fully saturated rings. The number of carbonyl (C=O) groups is 1. The number of benzene rings is 1. The molecular formula is C14H19NO3. The molecule has 0 radical (unpaired) electrons. The largest absolute Gasteiger partial charge is 0.465 e. The second-order valence-corrected chi connectivity index (χ2v) is 4.43. The van der Waals surface area contributed by atoms with Crippen molar-refractivity contribution >= 4 is 5.97 Å². The van der Waals surface area contributed by atoms with E-state index in [1.807, 2.05) is 18.2 Å². The Morgan fingerprint density at radius 2 is 2.28 bits per heavy atom. The van der Waals surface area contributed by atoms with E-state index in [1.165, 1.54) is 7.11 Å². The molecule has 18 heavy (non-hydrogen) atoms. The number of esters is 1. The highest BCUT2D eigenvalue weighted by Crippen LogP contribution is 2.14. The monoisotopic (exact) mass is 249 g/mol. The fourth-order valence-corrected chi connectivity index (χ4v) is 2.12. The molecule has 1 aromatic carbocycles. The van der Waals surface area contributed by atoms with Gasteiger partial charge >= 0.3 is 5.97 Å². The maximum Gasteiger partial charge on any atom is 0.338 e. The molecule has 1 saturated heterocycles. The van der Waals surface area contributed by atoms with E-state index in [0.717, 1.165) is 31.5 Å². The Morgan fingerprint density at radius 1 is 1.44 bits per heavy atom. The lowest BCUT2D eigenvalue weighted by atomic mass is 10.1. The molecule has 1 heterocycles. The summed E-state index contributed by atoms with van der Waals surface area (Å²) < 4.78 is 10.6. The third-order valence-corrected chi connectivity index (χ3v) is 3.15. The molecule has 98 valence electrons. The Bertz CT molecular complexity index is 400. The van der Waals surface area contributed by atoms with Gasteiger partial charge in [0, 0.05) is 6.54 Å². The van der Waals surface area contributed by atoms with Gasteiger partial charge in [-0.3, -0.25) is 0 Å². The number of hydrogen-bond acceptors (Lipinski definition) is 4. The first-order chi connectivity index (χ1) is 8.81. The lowest BCUT2D eigenvalue weighted by Gasteiger charge is -2.23. The van der Waals surface area contributed by atoms with Gasteiger partial charge in [0.1, 0.15) is 0 Å². The first-order valence-corrected chi connectivity index (χ1v) is 6.30. The van der Waals surface area contributed by atoms with E-state index in [0.29, 0.717) is 12.2 Å². The highest BCUT2D eigenvalue weighted by Gasteiger charge is 2.15. The van der Waals surface area contributed by atoms with Crippen LogP contribution in [-0.4, -0.2) is 32.3 Å². The number of ether oxygens (including phenoxy) is 2. The average Bonchev–Trinajstić information content (AvgIpc) is 2.45. The quantitative estimate of drug-likeness (QED) is 0.826. The minimum absolute atomic E-state index is 0.240. The zero-order chi connectivity index (χ0) is 12.8. The Morgan fingerprint density at radius 3 is 3.00 bits per heavy atom. The van der Waals surface area contributed by atoms with E-state index in [-0.39, 0.29) is 12.1 Å². The van der Waals surface area contributed by atoms with Crippen LogP contribution in [0.15, 0.2) is 24.3 Å². The summed E-state index contributed by atoms with van der Waals surface area (Å²) in [5, 5.41) is 3.30. The predicted molar refractivity (Wildman–Crippen MR) is 68.5 cm³/mol. The predicted octanol–water partition coefficient (Wildman–Crippen LogP) is 1.74. The molecule has 0 spiro atoms. The fraction of sp³-hybridized carbons (Fsp3) is 0.500. The zero-order valence-electron chi connectivity index (χ0n) is 10.6. The number of hydrogen-bond donors (Lipinski definition) is 1. The summed E-state index contributed by atoms with van der Waals surface area (Å²) in [4.78, 5) is 11.6. The Balaban J connectivity index is 1.97. The van der Waals surface area contributed by atoms with E-state index in [2.05, 4.69) is 5.32 Å². The van der Waals surface area contributed by atoms with E-state index in [9.17, 15) is 4.79 Å². The normalized spacial score (nSPS) is 19.5. The van der Waals surface area contributed by atoms with Crippen molar-refractivity contribution in [3.05, 3.63) is 35.4 Å². The van der Waals surface area contributed by atoms with Crippen molar-refractivity contribution in [2.24, 2.45) is 0 Å². The van der Waals surface area contributed by atoms with Crippen molar-refractivity contribution in [1.82, 2.24) is 5.32 Å². The molecule has 0 bridgehead atoms. The van der Waals surface area contributed by atoms with Crippen LogP contribution in [-0.2, 0) is 16.1 Å². The van der Waals surface area contributed by atoms with Crippen LogP contribution in [0.1, 0.15) is 28.8 Å². The summed E-state index contributed by atoms with van der Waals surface area (Å²) in [6.07, 6.45) is 2.46. The molecule has 4 heteroatoms. The third kappa shape index (κ3) is 3.31. The summed E-state index contributed by atoms with van der Waals surface area (Å²) in [6.45, 7) is 2.41. The van der Waals surface area contributed by atoms with Gasteiger partial charge in [0.25, 0.3) is 0 Å². The van der Waals surface area contributed by atoms with Crippen LogP contribution in [0, 0.1) is 0 Å². The Hall–Kier alpha value is -1.39. The van der Waals surface area contributed by atoms with Gasteiger partial charge in [0.2, 0.25) is 0 Å². The number of nitrogens with one attached hydrogen (secondary N) is 1. The molecule has 1 N–H and O–H groups in total. The van der Waals surface area contributed by atoms with Crippen LogP contribution < -0.4 is 5.32 Å². The van der Waals surface area contributed by atoms with Crippen LogP contribution >= 0.6 is 0 Å². The first-order valence-electron chi connectivity index (χ1n) is 6.30. The summed E-state index contributed by atoms with van der Waals surface area (Å²) in [5.41, 5.74) is 1.47. The van der Waals surface area contributed by atoms with Crippen LogP contribution in [0.5, 0.6) is 0 Å². The van der Waals surface area contributed by atoms with Crippen molar-refractivity contribution in [2.75, 3.05) is 20.2 Å². The molecule has 0 saturated carbocycles. The van der Waals surface area contributed by atoms with E-state index in [1.54, 1.807) is 6.07 Å². The van der Waals surface area contributed by atoms with Crippen molar-refractivity contribution in [3.8, 4) is 0 Å². The lowest BCUT2D eigenvalue weighted by Crippen LogP contribution is -2.35. The number of piperidine rings is 1. The van der Waals surface area contributed by atoms with Crippen molar-refractivity contribution in [1.29, 1.82) is 0 Å². The maximum absolute atomic E-state index is 11.6. The van der Waals surface area contributed by atoms with Crippen molar-refractivity contribution < 1.29 is 14.3 Å². The van der Waals surface area contributed by atoms with Crippen LogP contribution in [0.3, 0.4) is 0 Å². The summed E-state index contributed by atoms with van der Waals surface area (Å²) in [5.74, 6) is -0.309. The lowest BCUT2D eigenvalue weighted by molar-refractivity contribution is 0.0242. The Labute approximate surface area is 107 Å². The van der Waals surface area contributed by atoms with Gasteiger partial charge in [-0.05, 0) is 31.0 Å². The van der Waals surface area contributed by atoms with Gasteiger partial charge in [0.15, 0.2) is 0 Å². The second kappa shape index (κ2) is 6.52. The smallest absolute Gasteiger partial charge is 0.338 e. The average molecular weight is 249 g/mol.